The molecule has 1 amide bonds. The van der Waals surface area contributed by atoms with Gasteiger partial charge >= 0.3 is 0 Å². The molecule has 0 unspecified atom stereocenters. The number of amides is 1. The van der Waals surface area contributed by atoms with Crippen LogP contribution in [-0.4, -0.2) is 23.7 Å². The molecule has 0 aliphatic rings. The number of hydrogen-bond acceptors (Lipinski definition) is 4. The largest absolute Gasteiger partial charge is 0.455 e. The monoisotopic (exact) mass is 520 g/mol. The lowest BCUT2D eigenvalue weighted by molar-refractivity contribution is 0.0951. The molecule has 2 aromatic heterocycles. The maximum atomic E-state index is 13.5. The first kappa shape index (κ1) is 26.0. The second-order valence-electron chi connectivity index (χ2n) is 10.3. The summed E-state index contributed by atoms with van der Waals surface area (Å²) >= 11 is 0. The van der Waals surface area contributed by atoms with Gasteiger partial charge in [0.1, 0.15) is 17.2 Å². The maximum absolute atomic E-state index is 13.5. The predicted molar refractivity (Wildman–Crippen MR) is 151 cm³/mol. The third-order valence-corrected chi connectivity index (χ3v) is 6.95. The van der Waals surface area contributed by atoms with Gasteiger partial charge in [-0.2, -0.15) is 0 Å². The third-order valence-electron chi connectivity index (χ3n) is 6.95. The van der Waals surface area contributed by atoms with Gasteiger partial charge < -0.3 is 9.73 Å². The highest BCUT2D eigenvalue weighted by atomic mass is 19.1. The number of rotatable bonds is 7. The van der Waals surface area contributed by atoms with Crippen LogP contribution in [0.1, 0.15) is 52.4 Å². The minimum atomic E-state index is -0.423. The fraction of sp³-hybridized carbons (Fsp3) is 0.182. The van der Waals surface area contributed by atoms with Gasteiger partial charge in [-0.15, -0.1) is 0 Å². The smallest absolute Gasteiger partial charge is 0.255 e. The van der Waals surface area contributed by atoms with E-state index >= 15 is 0 Å². The maximum Gasteiger partial charge on any atom is 0.255 e. The van der Waals surface area contributed by atoms with Crippen LogP contribution in [0.4, 0.5) is 4.39 Å². The molecule has 5 rings (SSSR count). The first-order valence-electron chi connectivity index (χ1n) is 12.8. The summed E-state index contributed by atoms with van der Waals surface area (Å²) in [5.41, 5.74) is 5.20. The van der Waals surface area contributed by atoms with Crippen molar-refractivity contribution < 1.29 is 18.4 Å². The molecule has 39 heavy (non-hydrogen) atoms. The Morgan fingerprint density at radius 2 is 1.59 bits per heavy atom. The lowest BCUT2D eigenvalue weighted by Gasteiger charge is -2.23. The lowest BCUT2D eigenvalue weighted by atomic mass is 9.81. The summed E-state index contributed by atoms with van der Waals surface area (Å²) in [6.45, 7) is 6.00. The van der Waals surface area contributed by atoms with Gasteiger partial charge in [0.15, 0.2) is 5.78 Å². The van der Waals surface area contributed by atoms with E-state index in [2.05, 4.69) is 10.3 Å². The molecule has 6 heteroatoms. The molecule has 0 radical (unpaired) electrons. The zero-order valence-electron chi connectivity index (χ0n) is 22.3. The van der Waals surface area contributed by atoms with Crippen LogP contribution in [0.2, 0.25) is 0 Å². The Bertz CT molecular complexity index is 1700. The Morgan fingerprint density at radius 1 is 0.897 bits per heavy atom. The van der Waals surface area contributed by atoms with Crippen molar-refractivity contribution in [2.24, 2.45) is 0 Å². The van der Waals surface area contributed by atoms with Gasteiger partial charge in [-0.25, -0.2) is 4.39 Å². The van der Waals surface area contributed by atoms with Gasteiger partial charge in [-0.05, 0) is 72.6 Å². The number of carbonyl (C=O) groups excluding carboxylic acids is 2. The molecule has 0 aliphatic heterocycles. The summed E-state index contributed by atoms with van der Waals surface area (Å²) in [6.07, 6.45) is 0.315. The van der Waals surface area contributed by atoms with Crippen LogP contribution in [0, 0.1) is 12.7 Å². The van der Waals surface area contributed by atoms with Crippen LogP contribution >= 0.6 is 0 Å². The minimum absolute atomic E-state index is 0.0270. The molecule has 0 fully saturated rings. The Kier molecular flexibility index (Phi) is 6.87. The zero-order valence-corrected chi connectivity index (χ0v) is 22.3. The molecule has 5 nitrogen and oxygen atoms in total. The number of halogens is 1. The number of Topliss-reactive ketones (excluding diaryl/α,β-unsaturated/α-hetero) is 1. The third kappa shape index (κ3) is 5.23. The SMILES string of the molecule is CNC(=O)c1c(-c2ccc(F)cc2)oc2ccc(-c3cccc(C(=O)CC(C)(C)c4cccc(C)n4)c3)cc12. The van der Waals surface area contributed by atoms with Crippen LogP contribution in [0.5, 0.6) is 0 Å². The number of fused-ring (bicyclic) bond motifs is 1. The average molecular weight is 521 g/mol. The van der Waals surface area contributed by atoms with Crippen LogP contribution in [0.15, 0.2) is 89.3 Å². The Balaban J connectivity index is 1.51. The molecule has 196 valence electrons. The van der Waals surface area contributed by atoms with E-state index < -0.39 is 5.41 Å². The van der Waals surface area contributed by atoms with Gasteiger partial charge in [0.2, 0.25) is 0 Å². The minimum Gasteiger partial charge on any atom is -0.455 e. The van der Waals surface area contributed by atoms with Crippen LogP contribution in [0.25, 0.3) is 33.4 Å². The summed E-state index contributed by atoms with van der Waals surface area (Å²) in [4.78, 5) is 30.9. The number of pyridine rings is 1. The quantitative estimate of drug-likeness (QED) is 0.225. The van der Waals surface area contributed by atoms with Gasteiger partial charge in [-0.3, -0.25) is 14.6 Å². The van der Waals surface area contributed by atoms with Crippen molar-refractivity contribution in [3.63, 3.8) is 0 Å². The molecule has 0 spiro atoms. The fourth-order valence-corrected chi connectivity index (χ4v) is 4.82. The molecule has 0 saturated heterocycles. The molecular weight excluding hydrogens is 491 g/mol. The standard InChI is InChI=1S/C33H29FN2O3/c1-20-7-5-10-29(36-20)33(2,3)19-27(37)24-9-6-8-22(17-24)23-13-16-28-26(18-23)30(32(38)35-4)31(39-28)21-11-14-25(34)15-12-21/h5-18H,19H2,1-4H3,(H,35,38). The number of benzene rings is 3. The van der Waals surface area contributed by atoms with E-state index in [0.29, 0.717) is 39.8 Å². The second kappa shape index (κ2) is 10.3. The fourth-order valence-electron chi connectivity index (χ4n) is 4.82. The van der Waals surface area contributed by atoms with Crippen molar-refractivity contribution >= 4 is 22.7 Å². The van der Waals surface area contributed by atoms with Crippen LogP contribution in [0.3, 0.4) is 0 Å². The Morgan fingerprint density at radius 3 is 2.31 bits per heavy atom. The van der Waals surface area contributed by atoms with E-state index in [-0.39, 0.29) is 17.5 Å². The number of aryl methyl sites for hydroxylation is 1. The summed E-state index contributed by atoms with van der Waals surface area (Å²) in [5, 5.41) is 3.31. The van der Waals surface area contributed by atoms with Crippen molar-refractivity contribution in [2.75, 3.05) is 7.05 Å². The van der Waals surface area contributed by atoms with Gasteiger partial charge in [0, 0.05) is 46.8 Å². The van der Waals surface area contributed by atoms with Crippen molar-refractivity contribution in [3.05, 3.63) is 113 Å². The number of ketones is 1. The van der Waals surface area contributed by atoms with E-state index in [1.54, 1.807) is 19.2 Å². The number of aromatic nitrogens is 1. The van der Waals surface area contributed by atoms with E-state index in [1.807, 2.05) is 81.4 Å². The molecule has 1 N–H and O–H groups in total. The summed E-state index contributed by atoms with van der Waals surface area (Å²) in [6, 6.07) is 24.8. The molecule has 0 aliphatic carbocycles. The molecule has 0 bridgehead atoms. The topological polar surface area (TPSA) is 72.2 Å². The Labute approximate surface area is 226 Å². The first-order chi connectivity index (χ1) is 18.7. The lowest BCUT2D eigenvalue weighted by Crippen LogP contribution is -2.23. The highest BCUT2D eigenvalue weighted by Crippen LogP contribution is 2.36. The molecular formula is C33H29FN2O3. The second-order valence-corrected chi connectivity index (χ2v) is 10.3. The summed E-state index contributed by atoms with van der Waals surface area (Å²) in [5.74, 6) is -0.274. The number of carbonyl (C=O) groups is 2. The van der Waals surface area contributed by atoms with Crippen molar-refractivity contribution in [2.45, 2.75) is 32.6 Å². The number of nitrogens with zero attached hydrogens (tertiary/aromatic N) is 1. The summed E-state index contributed by atoms with van der Waals surface area (Å²) < 4.78 is 19.6. The van der Waals surface area contributed by atoms with Crippen molar-refractivity contribution in [1.29, 1.82) is 0 Å². The van der Waals surface area contributed by atoms with Gasteiger partial charge in [0.25, 0.3) is 5.91 Å². The van der Waals surface area contributed by atoms with Crippen LogP contribution < -0.4 is 5.32 Å². The summed E-state index contributed by atoms with van der Waals surface area (Å²) in [7, 11) is 1.56. The first-order valence-corrected chi connectivity index (χ1v) is 12.8. The van der Waals surface area contributed by atoms with Crippen LogP contribution in [-0.2, 0) is 5.41 Å². The van der Waals surface area contributed by atoms with E-state index in [9.17, 15) is 14.0 Å². The molecule has 0 atom stereocenters. The number of furan rings is 1. The van der Waals surface area contributed by atoms with Crippen molar-refractivity contribution in [1.82, 2.24) is 10.3 Å². The molecule has 5 aromatic rings. The molecule has 3 aromatic carbocycles. The predicted octanol–water partition coefficient (Wildman–Crippen LogP) is 7.52. The number of hydrogen-bond donors (Lipinski definition) is 1. The molecule has 2 heterocycles. The van der Waals surface area contributed by atoms with Gasteiger partial charge in [-0.1, -0.05) is 44.2 Å². The average Bonchev–Trinajstić information content (AvgIpc) is 3.31. The Hall–Kier alpha value is -4.58. The van der Waals surface area contributed by atoms with Crippen molar-refractivity contribution in [3.8, 4) is 22.5 Å². The van der Waals surface area contributed by atoms with Gasteiger partial charge in [0.05, 0.1) is 5.56 Å². The van der Waals surface area contributed by atoms with E-state index in [1.165, 1.54) is 12.1 Å². The highest BCUT2D eigenvalue weighted by Gasteiger charge is 2.27. The molecule has 0 saturated carbocycles. The van der Waals surface area contributed by atoms with E-state index in [0.717, 1.165) is 22.5 Å². The highest BCUT2D eigenvalue weighted by molar-refractivity contribution is 6.12. The van der Waals surface area contributed by atoms with E-state index in [4.69, 9.17) is 4.42 Å². The normalized spacial score (nSPS) is 11.5. The zero-order chi connectivity index (χ0) is 27.7. The number of nitrogens with one attached hydrogen (secondary N) is 1.